The second kappa shape index (κ2) is 4.45. The highest BCUT2D eigenvalue weighted by molar-refractivity contribution is 5.60. The highest BCUT2D eigenvalue weighted by Crippen LogP contribution is 2.20. The minimum atomic E-state index is -0.163. The van der Waals surface area contributed by atoms with Crippen molar-refractivity contribution in [3.05, 3.63) is 71.5 Å². The summed E-state index contributed by atoms with van der Waals surface area (Å²) in [5.41, 5.74) is 2.16. The Morgan fingerprint density at radius 3 is 2.90 bits per heavy atom. The van der Waals surface area contributed by atoms with Crippen LogP contribution in [-0.2, 0) is 0 Å². The van der Waals surface area contributed by atoms with Gasteiger partial charge in [-0.15, -0.1) is 0 Å². The summed E-state index contributed by atoms with van der Waals surface area (Å²) in [6.07, 6.45) is 6.78. The van der Waals surface area contributed by atoms with Gasteiger partial charge in [0.25, 0.3) is 5.56 Å². The Kier molecular flexibility index (Phi) is 2.47. The van der Waals surface area contributed by atoms with E-state index in [4.69, 9.17) is 0 Å². The number of nitrogens with one attached hydrogen (secondary N) is 1. The number of imidazole rings is 1. The first-order valence-corrected chi connectivity index (χ1v) is 6.49. The molecule has 4 heterocycles. The van der Waals surface area contributed by atoms with Crippen LogP contribution >= 0.6 is 0 Å². The summed E-state index contributed by atoms with van der Waals surface area (Å²) in [5.74, 6) is 0.668. The van der Waals surface area contributed by atoms with Crippen molar-refractivity contribution in [1.29, 1.82) is 0 Å². The molecule has 0 saturated heterocycles. The second-order valence-corrected chi connectivity index (χ2v) is 4.58. The third-order valence-corrected chi connectivity index (χ3v) is 3.35. The first-order valence-electron chi connectivity index (χ1n) is 6.49. The zero-order valence-electron chi connectivity index (χ0n) is 11.0. The van der Waals surface area contributed by atoms with Gasteiger partial charge in [-0.25, -0.2) is 9.50 Å². The highest BCUT2D eigenvalue weighted by Gasteiger charge is 2.13. The van der Waals surface area contributed by atoms with Gasteiger partial charge in [0.05, 0.1) is 11.7 Å². The van der Waals surface area contributed by atoms with Crippen molar-refractivity contribution in [2.45, 2.75) is 0 Å². The van der Waals surface area contributed by atoms with Gasteiger partial charge in [-0.1, -0.05) is 6.07 Å². The zero-order chi connectivity index (χ0) is 14.2. The molecule has 0 unspecified atom stereocenters. The average molecular weight is 277 g/mol. The van der Waals surface area contributed by atoms with Crippen molar-refractivity contribution in [2.75, 3.05) is 0 Å². The van der Waals surface area contributed by atoms with Gasteiger partial charge >= 0.3 is 0 Å². The summed E-state index contributed by atoms with van der Waals surface area (Å²) in [6, 6.07) is 11.3. The predicted octanol–water partition coefficient (Wildman–Crippen LogP) is 1.88. The van der Waals surface area contributed by atoms with E-state index in [1.54, 1.807) is 46.0 Å². The van der Waals surface area contributed by atoms with E-state index in [0.717, 1.165) is 11.2 Å². The highest BCUT2D eigenvalue weighted by atomic mass is 16.1. The fraction of sp³-hybridized carbons (Fsp3) is 0. The van der Waals surface area contributed by atoms with Crippen LogP contribution in [0.3, 0.4) is 0 Å². The van der Waals surface area contributed by atoms with Crippen LogP contribution in [0.25, 0.3) is 22.7 Å². The molecule has 0 aliphatic carbocycles. The number of aromatic amines is 1. The Labute approximate surface area is 119 Å². The summed E-state index contributed by atoms with van der Waals surface area (Å²) in [7, 11) is 0. The van der Waals surface area contributed by atoms with Gasteiger partial charge in [0, 0.05) is 18.6 Å². The third kappa shape index (κ3) is 1.77. The standard InChI is InChI=1S/C15H11N5O/c21-15-13(5-2-7-17-15)19-10-9-16-14(19)12-4-1-3-11-6-8-18-20(11)12/h1-10H,(H,17,21). The van der Waals surface area contributed by atoms with Crippen LogP contribution < -0.4 is 5.56 Å². The molecule has 0 radical (unpaired) electrons. The number of hydrogen-bond acceptors (Lipinski definition) is 3. The van der Waals surface area contributed by atoms with E-state index in [0.29, 0.717) is 11.5 Å². The van der Waals surface area contributed by atoms with Gasteiger partial charge in [-0.2, -0.15) is 5.10 Å². The molecule has 102 valence electrons. The Morgan fingerprint density at radius 2 is 2.00 bits per heavy atom. The van der Waals surface area contributed by atoms with Gasteiger partial charge in [-0.05, 0) is 30.3 Å². The number of hydrogen-bond donors (Lipinski definition) is 1. The number of rotatable bonds is 2. The van der Waals surface area contributed by atoms with Gasteiger partial charge in [0.15, 0.2) is 5.82 Å². The van der Waals surface area contributed by atoms with Gasteiger partial charge in [-0.3, -0.25) is 9.36 Å². The van der Waals surface area contributed by atoms with E-state index in [1.807, 2.05) is 24.3 Å². The normalized spacial score (nSPS) is 11.0. The Balaban J connectivity index is 2.00. The summed E-state index contributed by atoms with van der Waals surface area (Å²) in [6.45, 7) is 0. The predicted molar refractivity (Wildman–Crippen MR) is 78.4 cm³/mol. The lowest BCUT2D eigenvalue weighted by Crippen LogP contribution is -2.14. The molecule has 0 spiro atoms. The van der Waals surface area contributed by atoms with Crippen LogP contribution in [0.1, 0.15) is 0 Å². The van der Waals surface area contributed by atoms with Gasteiger partial charge in [0.1, 0.15) is 11.4 Å². The topological polar surface area (TPSA) is 68.0 Å². The second-order valence-electron chi connectivity index (χ2n) is 4.58. The first-order chi connectivity index (χ1) is 10.3. The van der Waals surface area contributed by atoms with Crippen molar-refractivity contribution in [1.82, 2.24) is 24.1 Å². The first kappa shape index (κ1) is 11.7. The lowest BCUT2D eigenvalue weighted by molar-refractivity contribution is 0.933. The molecule has 0 amide bonds. The number of H-pyrrole nitrogens is 1. The lowest BCUT2D eigenvalue weighted by atomic mass is 10.3. The SMILES string of the molecule is O=c1[nH]cccc1-n1ccnc1-c1cccc2ccnn12. The number of pyridine rings is 2. The van der Waals surface area contributed by atoms with Gasteiger partial charge < -0.3 is 4.98 Å². The van der Waals surface area contributed by atoms with Crippen molar-refractivity contribution in [3.63, 3.8) is 0 Å². The largest absolute Gasteiger partial charge is 0.327 e. The van der Waals surface area contributed by atoms with Crippen molar-refractivity contribution < 1.29 is 0 Å². The molecular weight excluding hydrogens is 266 g/mol. The lowest BCUT2D eigenvalue weighted by Gasteiger charge is -2.08. The van der Waals surface area contributed by atoms with Gasteiger partial charge in [0.2, 0.25) is 0 Å². The van der Waals surface area contributed by atoms with Crippen LogP contribution in [0.4, 0.5) is 0 Å². The van der Waals surface area contributed by atoms with Crippen LogP contribution in [-0.4, -0.2) is 24.1 Å². The Hall–Kier alpha value is -3.15. The molecular formula is C15H11N5O. The molecule has 0 bridgehead atoms. The Bertz CT molecular complexity index is 979. The van der Waals surface area contributed by atoms with Crippen LogP contribution in [0.2, 0.25) is 0 Å². The third-order valence-electron chi connectivity index (χ3n) is 3.35. The Morgan fingerprint density at radius 1 is 1.05 bits per heavy atom. The maximum Gasteiger partial charge on any atom is 0.272 e. The summed E-state index contributed by atoms with van der Waals surface area (Å²) < 4.78 is 3.56. The van der Waals surface area contributed by atoms with E-state index in [2.05, 4.69) is 15.1 Å². The van der Waals surface area contributed by atoms with E-state index < -0.39 is 0 Å². The van der Waals surface area contributed by atoms with Crippen molar-refractivity contribution in [3.8, 4) is 17.2 Å². The minimum absolute atomic E-state index is 0.163. The fourth-order valence-corrected chi connectivity index (χ4v) is 2.41. The summed E-state index contributed by atoms with van der Waals surface area (Å²) in [4.78, 5) is 19.0. The van der Waals surface area contributed by atoms with Crippen LogP contribution in [0.15, 0.2) is 66.0 Å². The maximum atomic E-state index is 12.0. The molecule has 1 N–H and O–H groups in total. The van der Waals surface area contributed by atoms with E-state index in [-0.39, 0.29) is 5.56 Å². The molecule has 0 atom stereocenters. The van der Waals surface area contributed by atoms with E-state index in [9.17, 15) is 4.79 Å². The molecule has 0 aliphatic heterocycles. The molecule has 6 nitrogen and oxygen atoms in total. The molecule has 4 aromatic heterocycles. The van der Waals surface area contributed by atoms with Crippen molar-refractivity contribution in [2.24, 2.45) is 0 Å². The molecule has 0 aromatic carbocycles. The van der Waals surface area contributed by atoms with Crippen LogP contribution in [0, 0.1) is 0 Å². The van der Waals surface area contributed by atoms with Crippen molar-refractivity contribution >= 4 is 5.52 Å². The quantitative estimate of drug-likeness (QED) is 0.608. The number of aromatic nitrogens is 5. The molecule has 0 aliphatic rings. The molecule has 0 fully saturated rings. The maximum absolute atomic E-state index is 12.0. The zero-order valence-corrected chi connectivity index (χ0v) is 11.0. The van der Waals surface area contributed by atoms with E-state index >= 15 is 0 Å². The number of nitrogens with zero attached hydrogens (tertiary/aromatic N) is 4. The molecule has 0 saturated carbocycles. The van der Waals surface area contributed by atoms with Crippen LogP contribution in [0.5, 0.6) is 0 Å². The minimum Gasteiger partial charge on any atom is -0.327 e. The molecule has 21 heavy (non-hydrogen) atoms. The fourth-order valence-electron chi connectivity index (χ4n) is 2.41. The monoisotopic (exact) mass is 277 g/mol. The number of fused-ring (bicyclic) bond motifs is 1. The van der Waals surface area contributed by atoms with E-state index in [1.165, 1.54) is 0 Å². The smallest absolute Gasteiger partial charge is 0.272 e. The molecule has 4 aromatic rings. The summed E-state index contributed by atoms with van der Waals surface area (Å²) >= 11 is 0. The molecule has 6 heteroatoms. The molecule has 4 rings (SSSR count). The summed E-state index contributed by atoms with van der Waals surface area (Å²) in [5, 5.41) is 4.31. The average Bonchev–Trinajstić information content (AvgIpc) is 3.16.